The molecule has 1 saturated heterocycles. The Morgan fingerprint density at radius 3 is 2.91 bits per heavy atom. The molecular formula is C15H20ClN3O3. The summed E-state index contributed by atoms with van der Waals surface area (Å²) >= 11 is 5.92. The van der Waals surface area contributed by atoms with Gasteiger partial charge in [0.2, 0.25) is 5.91 Å². The Labute approximate surface area is 134 Å². The van der Waals surface area contributed by atoms with Crippen LogP contribution in [0.2, 0.25) is 5.02 Å². The Balaban J connectivity index is 2.11. The van der Waals surface area contributed by atoms with E-state index >= 15 is 0 Å². The first-order valence-electron chi connectivity index (χ1n) is 7.09. The number of amides is 2. The molecule has 1 aromatic rings. The molecule has 0 aliphatic carbocycles. The zero-order chi connectivity index (χ0) is 16.1. The number of nitrogens with zero attached hydrogens (tertiary/aromatic N) is 2. The van der Waals surface area contributed by atoms with Crippen molar-refractivity contribution < 1.29 is 14.3 Å². The summed E-state index contributed by atoms with van der Waals surface area (Å²) in [5, 5.41) is 0.471. The number of ether oxygens (including phenoxy) is 1. The van der Waals surface area contributed by atoms with E-state index in [0.717, 1.165) is 6.54 Å². The van der Waals surface area contributed by atoms with E-state index in [1.807, 2.05) is 7.05 Å². The summed E-state index contributed by atoms with van der Waals surface area (Å²) in [6.45, 7) is 2.34. The Hall–Kier alpha value is -1.63. The summed E-state index contributed by atoms with van der Waals surface area (Å²) in [5.41, 5.74) is 5.69. The van der Waals surface area contributed by atoms with Gasteiger partial charge in [0, 0.05) is 30.2 Å². The highest BCUT2D eigenvalue weighted by Crippen LogP contribution is 2.14. The van der Waals surface area contributed by atoms with E-state index in [9.17, 15) is 9.59 Å². The lowest BCUT2D eigenvalue weighted by atomic mass is 10.1. The number of primary amides is 1. The molecule has 2 rings (SSSR count). The minimum atomic E-state index is -0.556. The van der Waals surface area contributed by atoms with Gasteiger partial charge in [0.15, 0.2) is 0 Å². The first-order chi connectivity index (χ1) is 10.5. The predicted octanol–water partition coefficient (Wildman–Crippen LogP) is 0.598. The van der Waals surface area contributed by atoms with E-state index in [1.54, 1.807) is 24.3 Å². The molecule has 1 aliphatic rings. The molecule has 22 heavy (non-hydrogen) atoms. The number of likely N-dealkylation sites (N-methyl/N-ethyl adjacent to an activating group) is 1. The molecule has 0 spiro atoms. The van der Waals surface area contributed by atoms with Crippen molar-refractivity contribution in [1.29, 1.82) is 0 Å². The summed E-state index contributed by atoms with van der Waals surface area (Å²) in [7, 11) is 1.99. The number of benzene rings is 1. The molecule has 0 saturated carbocycles. The molecule has 6 nitrogen and oxygen atoms in total. The Morgan fingerprint density at radius 2 is 2.27 bits per heavy atom. The van der Waals surface area contributed by atoms with Gasteiger partial charge in [-0.2, -0.15) is 0 Å². The van der Waals surface area contributed by atoms with E-state index in [4.69, 9.17) is 22.1 Å². The number of carbonyl (C=O) groups is 2. The van der Waals surface area contributed by atoms with Gasteiger partial charge in [0.05, 0.1) is 19.3 Å². The minimum Gasteiger partial charge on any atom is -0.374 e. The van der Waals surface area contributed by atoms with Crippen LogP contribution < -0.4 is 5.73 Å². The molecule has 1 fully saturated rings. The number of morpholine rings is 1. The average Bonchev–Trinajstić information content (AvgIpc) is 2.45. The third-order valence-electron chi connectivity index (χ3n) is 3.47. The van der Waals surface area contributed by atoms with Gasteiger partial charge in [-0.05, 0) is 25.2 Å². The smallest absolute Gasteiger partial charge is 0.254 e. The molecule has 0 aromatic heterocycles. The first-order valence-corrected chi connectivity index (χ1v) is 7.47. The second kappa shape index (κ2) is 7.58. The molecule has 1 aromatic carbocycles. The zero-order valence-electron chi connectivity index (χ0n) is 12.5. The van der Waals surface area contributed by atoms with Crippen molar-refractivity contribution in [1.82, 2.24) is 9.80 Å². The zero-order valence-corrected chi connectivity index (χ0v) is 13.3. The largest absolute Gasteiger partial charge is 0.374 e. The van der Waals surface area contributed by atoms with Gasteiger partial charge < -0.3 is 20.3 Å². The van der Waals surface area contributed by atoms with Gasteiger partial charge in [-0.1, -0.05) is 17.7 Å². The SMILES string of the molecule is CN1CCOC(CN(CC(N)=O)C(=O)c2cccc(Cl)c2)C1. The van der Waals surface area contributed by atoms with Crippen LogP contribution in [0.4, 0.5) is 0 Å². The van der Waals surface area contributed by atoms with Crippen molar-refractivity contribution >= 4 is 23.4 Å². The van der Waals surface area contributed by atoms with Crippen molar-refractivity contribution in [2.75, 3.05) is 39.8 Å². The van der Waals surface area contributed by atoms with Gasteiger partial charge in [-0.3, -0.25) is 9.59 Å². The topological polar surface area (TPSA) is 75.9 Å². The van der Waals surface area contributed by atoms with Crippen LogP contribution in [0.5, 0.6) is 0 Å². The van der Waals surface area contributed by atoms with Gasteiger partial charge >= 0.3 is 0 Å². The van der Waals surface area contributed by atoms with Gasteiger partial charge in [0.1, 0.15) is 0 Å². The molecule has 1 atom stereocenters. The molecule has 7 heteroatoms. The van der Waals surface area contributed by atoms with Crippen LogP contribution in [-0.4, -0.2) is 67.6 Å². The normalized spacial score (nSPS) is 18.9. The summed E-state index contributed by atoms with van der Waals surface area (Å²) < 4.78 is 5.66. The van der Waals surface area contributed by atoms with Gasteiger partial charge in [0.25, 0.3) is 5.91 Å². The van der Waals surface area contributed by atoms with Crippen LogP contribution in [0.15, 0.2) is 24.3 Å². The van der Waals surface area contributed by atoms with E-state index in [0.29, 0.717) is 30.3 Å². The van der Waals surface area contributed by atoms with Gasteiger partial charge in [-0.15, -0.1) is 0 Å². The number of hydrogen-bond donors (Lipinski definition) is 1. The standard InChI is InChI=1S/C15H20ClN3O3/c1-18-5-6-22-13(8-18)9-19(10-14(17)20)15(21)11-3-2-4-12(16)7-11/h2-4,7,13H,5-6,8-10H2,1H3,(H2,17,20). The van der Waals surface area contributed by atoms with Crippen molar-refractivity contribution in [2.24, 2.45) is 5.73 Å². The fourth-order valence-electron chi connectivity index (χ4n) is 2.43. The molecular weight excluding hydrogens is 306 g/mol. The molecule has 1 unspecified atom stereocenters. The molecule has 2 amide bonds. The van der Waals surface area contributed by atoms with Crippen LogP contribution >= 0.6 is 11.6 Å². The lowest BCUT2D eigenvalue weighted by Gasteiger charge is -2.33. The Bertz CT molecular complexity index is 553. The van der Waals surface area contributed by atoms with E-state index < -0.39 is 5.91 Å². The van der Waals surface area contributed by atoms with E-state index in [-0.39, 0.29) is 18.6 Å². The first kappa shape index (κ1) is 16.7. The third-order valence-corrected chi connectivity index (χ3v) is 3.71. The highest BCUT2D eigenvalue weighted by atomic mass is 35.5. The molecule has 1 aliphatic heterocycles. The monoisotopic (exact) mass is 325 g/mol. The maximum Gasteiger partial charge on any atom is 0.254 e. The predicted molar refractivity (Wildman–Crippen MR) is 83.8 cm³/mol. The van der Waals surface area contributed by atoms with Crippen molar-refractivity contribution in [3.05, 3.63) is 34.9 Å². The average molecular weight is 326 g/mol. The molecule has 120 valence electrons. The summed E-state index contributed by atoms with van der Waals surface area (Å²) in [4.78, 5) is 27.4. The van der Waals surface area contributed by atoms with E-state index in [1.165, 1.54) is 4.90 Å². The fourth-order valence-corrected chi connectivity index (χ4v) is 2.62. The quantitative estimate of drug-likeness (QED) is 0.860. The van der Waals surface area contributed by atoms with Crippen LogP contribution in [0.3, 0.4) is 0 Å². The van der Waals surface area contributed by atoms with Crippen molar-refractivity contribution in [2.45, 2.75) is 6.10 Å². The lowest BCUT2D eigenvalue weighted by Crippen LogP contribution is -2.49. The van der Waals surface area contributed by atoms with Crippen LogP contribution in [0.1, 0.15) is 10.4 Å². The number of rotatable bonds is 5. The Morgan fingerprint density at radius 1 is 1.50 bits per heavy atom. The number of hydrogen-bond acceptors (Lipinski definition) is 4. The number of carbonyl (C=O) groups excluding carboxylic acids is 2. The maximum absolute atomic E-state index is 12.6. The van der Waals surface area contributed by atoms with Crippen molar-refractivity contribution in [3.63, 3.8) is 0 Å². The van der Waals surface area contributed by atoms with Crippen molar-refractivity contribution in [3.8, 4) is 0 Å². The second-order valence-corrected chi connectivity index (χ2v) is 5.85. The lowest BCUT2D eigenvalue weighted by molar-refractivity contribution is -0.119. The molecule has 0 bridgehead atoms. The third kappa shape index (κ3) is 4.69. The number of halogens is 1. The highest BCUT2D eigenvalue weighted by Gasteiger charge is 2.25. The Kier molecular flexibility index (Phi) is 5.76. The number of nitrogens with two attached hydrogens (primary N) is 1. The summed E-state index contributed by atoms with van der Waals surface area (Å²) in [6, 6.07) is 6.63. The van der Waals surface area contributed by atoms with Crippen LogP contribution in [-0.2, 0) is 9.53 Å². The van der Waals surface area contributed by atoms with Crippen LogP contribution in [0, 0.1) is 0 Å². The highest BCUT2D eigenvalue weighted by molar-refractivity contribution is 6.30. The fraction of sp³-hybridized carbons (Fsp3) is 0.467. The van der Waals surface area contributed by atoms with Gasteiger partial charge in [-0.25, -0.2) is 0 Å². The molecule has 1 heterocycles. The molecule has 0 radical (unpaired) electrons. The maximum atomic E-state index is 12.6. The summed E-state index contributed by atoms with van der Waals surface area (Å²) in [5.74, 6) is -0.835. The van der Waals surface area contributed by atoms with E-state index in [2.05, 4.69) is 4.90 Å². The van der Waals surface area contributed by atoms with Crippen LogP contribution in [0.25, 0.3) is 0 Å². The summed E-state index contributed by atoms with van der Waals surface area (Å²) in [6.07, 6.45) is -0.138. The molecule has 2 N–H and O–H groups in total. The minimum absolute atomic E-state index is 0.138. The second-order valence-electron chi connectivity index (χ2n) is 5.42.